The quantitative estimate of drug-likeness (QED) is 0.405. The number of allylic oxidation sites excluding steroid dienone is 3. The molecule has 1 aliphatic carbocycles. The second-order valence-corrected chi connectivity index (χ2v) is 8.73. The number of dihydropyridines is 1. The first-order valence-electron chi connectivity index (χ1n) is 12.3. The molecule has 0 radical (unpaired) electrons. The molecule has 0 unspecified atom stereocenters. The molecule has 0 amide bonds. The summed E-state index contributed by atoms with van der Waals surface area (Å²) in [4.78, 5) is 27.0. The smallest absolute Gasteiger partial charge is 0.336 e. The molecule has 2 aliphatic rings. The number of ether oxygens (including phenoxy) is 3. The van der Waals surface area contributed by atoms with Gasteiger partial charge in [-0.15, -0.1) is 0 Å². The topological polar surface area (TPSA) is 73.9 Å². The molecule has 0 bridgehead atoms. The molecule has 1 N–H and O–H groups in total. The summed E-state index contributed by atoms with van der Waals surface area (Å²) < 4.78 is 16.8. The standard InChI is InChI=1S/C29H33NO5/c1-4-33-15-16-35-29(32)26-19(3)30-23-17-21(20-11-7-6-8-12-20)18-24(31)28(23)27(26)22-13-9-10-14-25(22)34-5-2/h6-14,21,27,30H,4-5,15-18H2,1-3H3/t21-,27+/m0/s1. The Morgan fingerprint density at radius 2 is 1.71 bits per heavy atom. The van der Waals surface area contributed by atoms with E-state index in [0.29, 0.717) is 55.3 Å². The van der Waals surface area contributed by atoms with E-state index in [0.717, 1.165) is 16.8 Å². The molecular weight excluding hydrogens is 442 g/mol. The highest BCUT2D eigenvalue weighted by molar-refractivity contribution is 6.04. The maximum absolute atomic E-state index is 13.7. The Morgan fingerprint density at radius 1 is 0.971 bits per heavy atom. The molecular formula is C29H33NO5. The highest BCUT2D eigenvalue weighted by Gasteiger charge is 2.42. The molecule has 1 aliphatic heterocycles. The Hall–Kier alpha value is -3.38. The van der Waals surface area contributed by atoms with Crippen LogP contribution in [0.1, 0.15) is 56.6 Å². The molecule has 0 fully saturated rings. The maximum atomic E-state index is 13.7. The van der Waals surface area contributed by atoms with Crippen molar-refractivity contribution in [1.29, 1.82) is 0 Å². The van der Waals surface area contributed by atoms with Crippen LogP contribution in [0.15, 0.2) is 77.1 Å². The normalized spacial score (nSPS) is 19.8. The zero-order valence-electron chi connectivity index (χ0n) is 20.6. The van der Waals surface area contributed by atoms with Gasteiger partial charge in [-0.3, -0.25) is 4.79 Å². The largest absolute Gasteiger partial charge is 0.494 e. The molecule has 2 aromatic rings. The van der Waals surface area contributed by atoms with Gasteiger partial charge < -0.3 is 19.5 Å². The number of para-hydroxylation sites is 1. The number of benzene rings is 2. The average Bonchev–Trinajstić information content (AvgIpc) is 2.86. The monoisotopic (exact) mass is 475 g/mol. The van der Waals surface area contributed by atoms with Gasteiger partial charge in [-0.25, -0.2) is 4.79 Å². The molecule has 6 heteroatoms. The van der Waals surface area contributed by atoms with E-state index in [9.17, 15) is 9.59 Å². The molecule has 0 spiro atoms. The highest BCUT2D eigenvalue weighted by Crippen LogP contribution is 2.47. The third-order valence-electron chi connectivity index (χ3n) is 6.51. The minimum absolute atomic E-state index is 0.0380. The van der Waals surface area contributed by atoms with E-state index >= 15 is 0 Å². The Balaban J connectivity index is 1.76. The third kappa shape index (κ3) is 5.33. The van der Waals surface area contributed by atoms with E-state index in [1.54, 1.807) is 0 Å². The predicted molar refractivity (Wildman–Crippen MR) is 134 cm³/mol. The first kappa shape index (κ1) is 24.7. The SMILES string of the molecule is CCOCCOC(=O)C1=C(C)NC2=C(C(=O)C[C@@H](c3ccccc3)C2)[C@@H]1c1ccccc1OCC. The lowest BCUT2D eigenvalue weighted by molar-refractivity contribution is -0.140. The summed E-state index contributed by atoms with van der Waals surface area (Å²) in [5, 5.41) is 3.40. The van der Waals surface area contributed by atoms with Crippen LogP contribution in [0.2, 0.25) is 0 Å². The molecule has 2 atom stereocenters. The van der Waals surface area contributed by atoms with Crippen molar-refractivity contribution in [2.75, 3.05) is 26.4 Å². The summed E-state index contributed by atoms with van der Waals surface area (Å²) in [5.74, 6) is -0.214. The summed E-state index contributed by atoms with van der Waals surface area (Å²) in [7, 11) is 0. The molecule has 4 rings (SSSR count). The average molecular weight is 476 g/mol. The van der Waals surface area contributed by atoms with Crippen LogP contribution in [0.4, 0.5) is 0 Å². The van der Waals surface area contributed by atoms with Gasteiger partial charge in [0.2, 0.25) is 0 Å². The number of Topliss-reactive ketones (excluding diaryl/α,β-unsaturated/α-hetero) is 1. The molecule has 0 aromatic heterocycles. The zero-order chi connectivity index (χ0) is 24.8. The van der Waals surface area contributed by atoms with Gasteiger partial charge in [0.15, 0.2) is 5.78 Å². The summed E-state index contributed by atoms with van der Waals surface area (Å²) in [5.41, 5.74) is 4.58. The van der Waals surface area contributed by atoms with Gasteiger partial charge in [0.1, 0.15) is 12.4 Å². The van der Waals surface area contributed by atoms with Crippen LogP contribution in [0.25, 0.3) is 0 Å². The highest BCUT2D eigenvalue weighted by atomic mass is 16.6. The van der Waals surface area contributed by atoms with E-state index in [4.69, 9.17) is 14.2 Å². The van der Waals surface area contributed by atoms with E-state index in [2.05, 4.69) is 17.4 Å². The number of carbonyl (C=O) groups excluding carboxylic acids is 2. The fourth-order valence-electron chi connectivity index (χ4n) is 5.00. The maximum Gasteiger partial charge on any atom is 0.336 e. The predicted octanol–water partition coefficient (Wildman–Crippen LogP) is 5.03. The van der Waals surface area contributed by atoms with Crippen LogP contribution in [0, 0.1) is 0 Å². The lowest BCUT2D eigenvalue weighted by Gasteiger charge is -2.37. The van der Waals surface area contributed by atoms with Gasteiger partial charge in [0.05, 0.1) is 24.7 Å². The van der Waals surface area contributed by atoms with Gasteiger partial charge in [-0.1, -0.05) is 48.5 Å². The minimum Gasteiger partial charge on any atom is -0.494 e. The zero-order valence-corrected chi connectivity index (χ0v) is 20.6. The summed E-state index contributed by atoms with van der Waals surface area (Å²) in [6, 6.07) is 17.7. The number of hydrogen-bond donors (Lipinski definition) is 1. The third-order valence-corrected chi connectivity index (χ3v) is 6.51. The number of ketones is 1. The van der Waals surface area contributed by atoms with Crippen molar-refractivity contribution in [2.24, 2.45) is 0 Å². The van der Waals surface area contributed by atoms with Crippen molar-refractivity contribution in [3.8, 4) is 5.75 Å². The van der Waals surface area contributed by atoms with Gasteiger partial charge in [0, 0.05) is 35.6 Å². The summed E-state index contributed by atoms with van der Waals surface area (Å²) in [6.07, 6.45) is 1.09. The van der Waals surface area contributed by atoms with Crippen molar-refractivity contribution in [3.05, 3.63) is 88.3 Å². The Bertz CT molecular complexity index is 1130. The van der Waals surface area contributed by atoms with Crippen LogP contribution >= 0.6 is 0 Å². The molecule has 2 aromatic carbocycles. The first-order chi connectivity index (χ1) is 17.0. The molecule has 6 nitrogen and oxygen atoms in total. The van der Waals surface area contributed by atoms with Crippen molar-refractivity contribution < 1.29 is 23.8 Å². The Morgan fingerprint density at radius 3 is 2.46 bits per heavy atom. The van der Waals surface area contributed by atoms with Crippen LogP contribution in [0.3, 0.4) is 0 Å². The van der Waals surface area contributed by atoms with Crippen molar-refractivity contribution >= 4 is 11.8 Å². The summed E-state index contributed by atoms with van der Waals surface area (Å²) in [6.45, 7) is 7.20. The Labute approximate surface area is 207 Å². The van der Waals surface area contributed by atoms with Crippen LogP contribution in [0.5, 0.6) is 5.75 Å². The number of hydrogen-bond acceptors (Lipinski definition) is 6. The Kier molecular flexibility index (Phi) is 8.03. The van der Waals surface area contributed by atoms with Crippen LogP contribution in [-0.4, -0.2) is 38.2 Å². The lowest BCUT2D eigenvalue weighted by Crippen LogP contribution is -2.36. The molecule has 35 heavy (non-hydrogen) atoms. The van der Waals surface area contributed by atoms with Gasteiger partial charge in [0.25, 0.3) is 0 Å². The number of rotatable bonds is 9. The van der Waals surface area contributed by atoms with E-state index in [1.807, 2.05) is 63.2 Å². The van der Waals surface area contributed by atoms with E-state index < -0.39 is 11.9 Å². The second kappa shape index (κ2) is 11.4. The van der Waals surface area contributed by atoms with Crippen molar-refractivity contribution in [2.45, 2.75) is 45.4 Å². The lowest BCUT2D eigenvalue weighted by atomic mass is 9.71. The van der Waals surface area contributed by atoms with Crippen molar-refractivity contribution in [3.63, 3.8) is 0 Å². The second-order valence-electron chi connectivity index (χ2n) is 8.73. The van der Waals surface area contributed by atoms with Gasteiger partial charge in [-0.05, 0) is 44.7 Å². The van der Waals surface area contributed by atoms with E-state index in [-0.39, 0.29) is 18.3 Å². The van der Waals surface area contributed by atoms with Gasteiger partial charge in [-0.2, -0.15) is 0 Å². The fraction of sp³-hybridized carbons (Fsp3) is 0.379. The number of carbonyl (C=O) groups is 2. The first-order valence-corrected chi connectivity index (χ1v) is 12.3. The van der Waals surface area contributed by atoms with Crippen LogP contribution in [-0.2, 0) is 19.1 Å². The molecule has 0 saturated heterocycles. The van der Waals surface area contributed by atoms with E-state index in [1.165, 1.54) is 0 Å². The fourth-order valence-corrected chi connectivity index (χ4v) is 5.00. The van der Waals surface area contributed by atoms with Gasteiger partial charge >= 0.3 is 5.97 Å². The van der Waals surface area contributed by atoms with Crippen LogP contribution < -0.4 is 10.1 Å². The molecule has 184 valence electrons. The summed E-state index contributed by atoms with van der Waals surface area (Å²) >= 11 is 0. The minimum atomic E-state index is -0.558. The number of nitrogens with one attached hydrogen (secondary N) is 1. The molecule has 0 saturated carbocycles. The molecule has 1 heterocycles. The van der Waals surface area contributed by atoms with Crippen molar-refractivity contribution in [1.82, 2.24) is 5.32 Å². The number of esters is 1.